The molecule has 1 saturated carbocycles. The van der Waals surface area contributed by atoms with Gasteiger partial charge in [0.25, 0.3) is 0 Å². The van der Waals surface area contributed by atoms with Crippen LogP contribution < -0.4 is 5.73 Å². The summed E-state index contributed by atoms with van der Waals surface area (Å²) >= 11 is 0. The molecule has 1 aliphatic carbocycles. The maximum absolute atomic E-state index is 12.2. The highest BCUT2D eigenvalue weighted by Gasteiger charge is 2.57. The maximum Gasteiger partial charge on any atom is 0.341 e. The predicted molar refractivity (Wildman–Crippen MR) is 76.2 cm³/mol. The van der Waals surface area contributed by atoms with Crippen molar-refractivity contribution in [3.63, 3.8) is 0 Å². The van der Waals surface area contributed by atoms with Crippen LogP contribution in [0.5, 0.6) is 0 Å². The number of carbonyl (C=O) groups is 1. The summed E-state index contributed by atoms with van der Waals surface area (Å²) in [5, 5.41) is 9.87. The van der Waals surface area contributed by atoms with Crippen molar-refractivity contribution in [2.45, 2.75) is 76.7 Å². The molecule has 21 heavy (non-hydrogen) atoms. The van der Waals surface area contributed by atoms with E-state index in [9.17, 15) is 9.90 Å². The monoisotopic (exact) mass is 301 g/mol. The summed E-state index contributed by atoms with van der Waals surface area (Å²) < 4.78 is 17.0. The van der Waals surface area contributed by atoms with Crippen molar-refractivity contribution >= 4 is 5.97 Å². The Hall–Kier alpha value is -0.690. The first-order valence-electron chi connectivity index (χ1n) is 7.61. The lowest BCUT2D eigenvalue weighted by atomic mass is 9.74. The number of hydrogen-bond donors (Lipinski definition) is 2. The van der Waals surface area contributed by atoms with Crippen LogP contribution >= 0.6 is 0 Å². The minimum atomic E-state index is -1.20. The van der Waals surface area contributed by atoms with E-state index < -0.39 is 17.2 Å². The first-order chi connectivity index (χ1) is 9.57. The quantitative estimate of drug-likeness (QED) is 0.601. The molecule has 0 aromatic carbocycles. The van der Waals surface area contributed by atoms with Gasteiger partial charge in [-0.25, -0.2) is 4.79 Å². The summed E-state index contributed by atoms with van der Waals surface area (Å²) in [6, 6.07) is 0. The molecule has 1 aliphatic heterocycles. The first kappa shape index (κ1) is 16.7. The minimum absolute atomic E-state index is 0.0663. The zero-order chi connectivity index (χ0) is 15.9. The second-order valence-electron chi connectivity index (χ2n) is 7.07. The van der Waals surface area contributed by atoms with E-state index in [1.165, 1.54) is 0 Å². The van der Waals surface area contributed by atoms with Gasteiger partial charge in [-0.05, 0) is 52.0 Å². The molecule has 2 fully saturated rings. The highest BCUT2D eigenvalue weighted by molar-refractivity contribution is 5.81. The number of carbonyl (C=O) groups excluding carboxylic acids is 1. The Kier molecular flexibility index (Phi) is 4.37. The lowest BCUT2D eigenvalue weighted by Crippen LogP contribution is -2.49. The van der Waals surface area contributed by atoms with Crippen molar-refractivity contribution in [3.05, 3.63) is 0 Å². The van der Waals surface area contributed by atoms with Crippen LogP contribution in [0, 0.1) is 5.92 Å². The molecule has 0 bridgehead atoms. The Morgan fingerprint density at radius 2 is 2.14 bits per heavy atom. The van der Waals surface area contributed by atoms with Crippen molar-refractivity contribution < 1.29 is 24.1 Å². The lowest BCUT2D eigenvalue weighted by Gasteiger charge is -2.41. The van der Waals surface area contributed by atoms with Crippen LogP contribution in [0.25, 0.3) is 0 Å². The summed E-state index contributed by atoms with van der Waals surface area (Å²) in [7, 11) is 0. The molecule has 6 heteroatoms. The van der Waals surface area contributed by atoms with Gasteiger partial charge in [0.1, 0.15) is 0 Å². The number of hydrogen-bond acceptors (Lipinski definition) is 6. The van der Waals surface area contributed by atoms with E-state index in [4.69, 9.17) is 19.9 Å². The van der Waals surface area contributed by atoms with Crippen LogP contribution in [0.2, 0.25) is 0 Å². The second-order valence-corrected chi connectivity index (χ2v) is 7.07. The highest BCUT2D eigenvalue weighted by atomic mass is 16.8. The molecular formula is C15H27NO5. The second kappa shape index (κ2) is 5.50. The molecule has 1 spiro atoms. The summed E-state index contributed by atoms with van der Waals surface area (Å²) in [6.07, 6.45) is 2.29. The Balaban J connectivity index is 2.13. The third kappa shape index (κ3) is 3.74. The van der Waals surface area contributed by atoms with E-state index in [2.05, 4.69) is 0 Å². The van der Waals surface area contributed by atoms with Crippen LogP contribution in [0.3, 0.4) is 0 Å². The molecule has 6 nitrogen and oxygen atoms in total. The zero-order valence-electron chi connectivity index (χ0n) is 13.3. The fourth-order valence-electron chi connectivity index (χ4n) is 3.42. The average Bonchev–Trinajstić information content (AvgIpc) is 2.51. The van der Waals surface area contributed by atoms with Gasteiger partial charge in [0.2, 0.25) is 5.79 Å². The van der Waals surface area contributed by atoms with E-state index in [1.54, 1.807) is 27.7 Å². The maximum atomic E-state index is 12.2. The molecule has 3 atom stereocenters. The number of aliphatic hydroxyl groups is 1. The normalized spacial score (nSPS) is 36.0. The van der Waals surface area contributed by atoms with E-state index in [0.717, 1.165) is 6.42 Å². The van der Waals surface area contributed by atoms with Crippen molar-refractivity contribution in [1.29, 1.82) is 0 Å². The lowest BCUT2D eigenvalue weighted by molar-refractivity contribution is -0.238. The molecule has 0 radical (unpaired) electrons. The highest BCUT2D eigenvalue weighted by Crippen LogP contribution is 2.46. The number of ether oxygens (including phenoxy) is 3. The van der Waals surface area contributed by atoms with Gasteiger partial charge in [0, 0.05) is 13.8 Å². The van der Waals surface area contributed by atoms with Gasteiger partial charge in [0.15, 0.2) is 11.4 Å². The summed E-state index contributed by atoms with van der Waals surface area (Å²) in [6.45, 7) is 7.22. The van der Waals surface area contributed by atoms with Gasteiger partial charge in [-0.3, -0.25) is 0 Å². The van der Waals surface area contributed by atoms with Crippen LogP contribution in [0.4, 0.5) is 0 Å². The molecule has 1 saturated heterocycles. The van der Waals surface area contributed by atoms with Crippen molar-refractivity contribution in [3.8, 4) is 0 Å². The molecule has 2 aliphatic rings. The first-order valence-corrected chi connectivity index (χ1v) is 7.61. The van der Waals surface area contributed by atoms with E-state index in [1.807, 2.05) is 0 Å². The largest absolute Gasteiger partial charge is 0.432 e. The molecule has 2 rings (SSSR count). The van der Waals surface area contributed by atoms with Gasteiger partial charge in [-0.1, -0.05) is 0 Å². The molecule has 0 aromatic rings. The van der Waals surface area contributed by atoms with Crippen LogP contribution in [0.1, 0.15) is 53.4 Å². The molecule has 1 heterocycles. The topological polar surface area (TPSA) is 91.0 Å². The molecular weight excluding hydrogens is 274 g/mol. The third-order valence-corrected chi connectivity index (χ3v) is 4.08. The van der Waals surface area contributed by atoms with Crippen LogP contribution in [-0.4, -0.2) is 40.9 Å². The number of cyclic esters (lactones) is 1. The third-order valence-electron chi connectivity index (χ3n) is 4.08. The van der Waals surface area contributed by atoms with E-state index >= 15 is 0 Å². The fraction of sp³-hybridized carbons (Fsp3) is 0.933. The SMILES string of the molecule is CC(C)(O)OC1CCC2(CC1CCN)OC(C)(C)OC2=O. The Morgan fingerprint density at radius 1 is 1.48 bits per heavy atom. The minimum Gasteiger partial charge on any atom is -0.432 e. The van der Waals surface area contributed by atoms with Gasteiger partial charge in [-0.15, -0.1) is 0 Å². The predicted octanol–water partition coefficient (Wildman–Crippen LogP) is 1.30. The Bertz CT molecular complexity index is 403. The number of nitrogens with two attached hydrogens (primary N) is 1. The molecule has 3 unspecified atom stereocenters. The summed E-state index contributed by atoms with van der Waals surface area (Å²) in [4.78, 5) is 12.2. The van der Waals surface area contributed by atoms with Crippen molar-refractivity contribution in [1.82, 2.24) is 0 Å². The Labute approximate surface area is 125 Å². The van der Waals surface area contributed by atoms with E-state index in [0.29, 0.717) is 25.8 Å². The summed E-state index contributed by atoms with van der Waals surface area (Å²) in [5.74, 6) is -2.31. The molecule has 122 valence electrons. The average molecular weight is 301 g/mol. The van der Waals surface area contributed by atoms with Crippen LogP contribution in [-0.2, 0) is 19.0 Å². The number of esters is 1. The zero-order valence-corrected chi connectivity index (χ0v) is 13.3. The fourth-order valence-corrected chi connectivity index (χ4v) is 3.42. The van der Waals surface area contributed by atoms with Crippen molar-refractivity contribution in [2.75, 3.05) is 6.54 Å². The molecule has 0 amide bonds. The number of rotatable bonds is 4. The standard InChI is InChI=1S/C15H27NO5/c1-13(2,18)19-11-5-7-15(9-10(11)6-8-16)12(17)20-14(3,4)21-15/h10-11,18H,5-9,16H2,1-4H3. The van der Waals surface area contributed by atoms with Gasteiger partial charge in [0.05, 0.1) is 6.10 Å². The van der Waals surface area contributed by atoms with Gasteiger partial charge < -0.3 is 25.1 Å². The van der Waals surface area contributed by atoms with Gasteiger partial charge >= 0.3 is 5.97 Å². The summed E-state index contributed by atoms with van der Waals surface area (Å²) in [5.41, 5.74) is 4.80. The Morgan fingerprint density at radius 3 is 2.62 bits per heavy atom. The molecule has 3 N–H and O–H groups in total. The van der Waals surface area contributed by atoms with E-state index in [-0.39, 0.29) is 18.0 Å². The van der Waals surface area contributed by atoms with Crippen LogP contribution in [0.15, 0.2) is 0 Å². The smallest absolute Gasteiger partial charge is 0.341 e. The van der Waals surface area contributed by atoms with Crippen molar-refractivity contribution in [2.24, 2.45) is 11.7 Å². The molecule has 0 aromatic heterocycles. The van der Waals surface area contributed by atoms with Gasteiger partial charge in [-0.2, -0.15) is 0 Å².